The summed E-state index contributed by atoms with van der Waals surface area (Å²) in [5, 5.41) is 17.4. The van der Waals surface area contributed by atoms with Crippen molar-refractivity contribution in [3.05, 3.63) is 60.3 Å². The third-order valence-electron chi connectivity index (χ3n) is 3.65. The van der Waals surface area contributed by atoms with E-state index in [9.17, 15) is 4.79 Å². The molecule has 0 saturated heterocycles. The summed E-state index contributed by atoms with van der Waals surface area (Å²) in [5.74, 6) is 1.25. The normalized spacial score (nSPS) is 11.3. The summed E-state index contributed by atoms with van der Waals surface area (Å²) in [7, 11) is 1.69. The minimum Gasteiger partial charge on any atom is -0.355 e. The molecule has 0 unspecified atom stereocenters. The average Bonchev–Trinajstić information content (AvgIpc) is 3.11. The standard InChI is InChI=1S/C17H20N8O/c1-18-17(21-9-8-20-16(26)13-5-4-7-19-11-13)22-12-15-24-23-14-6-2-3-10-25(14)15/h2-7,10-11H,8-9,12H2,1H3,(H,20,26)(H2,18,21,22). The van der Waals surface area contributed by atoms with Crippen LogP contribution in [0.15, 0.2) is 53.9 Å². The highest BCUT2D eigenvalue weighted by Crippen LogP contribution is 2.02. The fourth-order valence-electron chi connectivity index (χ4n) is 2.35. The van der Waals surface area contributed by atoms with Crippen molar-refractivity contribution < 1.29 is 4.79 Å². The molecule has 0 aliphatic heterocycles. The molecule has 0 aromatic carbocycles. The number of guanidine groups is 1. The monoisotopic (exact) mass is 352 g/mol. The second-order valence-electron chi connectivity index (χ2n) is 5.40. The fraction of sp³-hybridized carbons (Fsp3) is 0.235. The van der Waals surface area contributed by atoms with Gasteiger partial charge in [-0.05, 0) is 24.3 Å². The van der Waals surface area contributed by atoms with E-state index in [-0.39, 0.29) is 5.91 Å². The van der Waals surface area contributed by atoms with Crippen molar-refractivity contribution in [2.24, 2.45) is 4.99 Å². The molecule has 26 heavy (non-hydrogen) atoms. The molecule has 0 fully saturated rings. The predicted molar refractivity (Wildman–Crippen MR) is 97.8 cm³/mol. The smallest absolute Gasteiger partial charge is 0.252 e. The maximum Gasteiger partial charge on any atom is 0.252 e. The van der Waals surface area contributed by atoms with Gasteiger partial charge in [0.2, 0.25) is 0 Å². The minimum absolute atomic E-state index is 0.155. The molecule has 1 amide bonds. The molecule has 0 aliphatic rings. The molecule has 0 saturated carbocycles. The Bertz CT molecular complexity index is 890. The number of hydrogen-bond donors (Lipinski definition) is 3. The lowest BCUT2D eigenvalue weighted by molar-refractivity contribution is 0.0954. The summed E-state index contributed by atoms with van der Waals surface area (Å²) in [4.78, 5) is 20.0. The van der Waals surface area contributed by atoms with Gasteiger partial charge in [0.1, 0.15) is 0 Å². The van der Waals surface area contributed by atoms with E-state index < -0.39 is 0 Å². The second-order valence-corrected chi connectivity index (χ2v) is 5.40. The van der Waals surface area contributed by atoms with Crippen LogP contribution in [0, 0.1) is 0 Å². The maximum atomic E-state index is 11.9. The number of amides is 1. The van der Waals surface area contributed by atoms with Crippen LogP contribution in [0.2, 0.25) is 0 Å². The Morgan fingerprint density at radius 2 is 2.00 bits per heavy atom. The van der Waals surface area contributed by atoms with E-state index in [2.05, 4.69) is 36.1 Å². The molecule has 9 heteroatoms. The molecule has 0 atom stereocenters. The summed E-state index contributed by atoms with van der Waals surface area (Å²) in [6, 6.07) is 9.19. The first-order chi connectivity index (χ1) is 12.8. The largest absolute Gasteiger partial charge is 0.355 e. The Kier molecular flexibility index (Phi) is 5.71. The lowest BCUT2D eigenvalue weighted by atomic mass is 10.3. The van der Waals surface area contributed by atoms with Gasteiger partial charge in [-0.1, -0.05) is 6.07 Å². The first-order valence-corrected chi connectivity index (χ1v) is 8.19. The maximum absolute atomic E-state index is 11.9. The van der Waals surface area contributed by atoms with E-state index >= 15 is 0 Å². The van der Waals surface area contributed by atoms with Crippen molar-refractivity contribution in [2.75, 3.05) is 20.1 Å². The number of fused-ring (bicyclic) bond motifs is 1. The first-order valence-electron chi connectivity index (χ1n) is 8.19. The molecule has 0 radical (unpaired) electrons. The Morgan fingerprint density at radius 1 is 1.12 bits per heavy atom. The van der Waals surface area contributed by atoms with Crippen LogP contribution in [-0.4, -0.2) is 51.6 Å². The lowest BCUT2D eigenvalue weighted by Crippen LogP contribution is -2.41. The number of aromatic nitrogens is 4. The highest BCUT2D eigenvalue weighted by Gasteiger charge is 2.06. The van der Waals surface area contributed by atoms with Gasteiger partial charge in [-0.15, -0.1) is 10.2 Å². The van der Waals surface area contributed by atoms with E-state index in [0.717, 1.165) is 11.5 Å². The van der Waals surface area contributed by atoms with Gasteiger partial charge in [0.05, 0.1) is 12.1 Å². The SMILES string of the molecule is CN=C(NCCNC(=O)c1cccnc1)NCc1nnc2ccccn12. The van der Waals surface area contributed by atoms with Crippen LogP contribution in [0.4, 0.5) is 0 Å². The molecule has 134 valence electrons. The molecule has 0 spiro atoms. The number of aliphatic imine (C=N–C) groups is 1. The Hall–Kier alpha value is -3.49. The molecule has 3 heterocycles. The van der Waals surface area contributed by atoms with Gasteiger partial charge in [0, 0.05) is 38.7 Å². The molecule has 0 aliphatic carbocycles. The van der Waals surface area contributed by atoms with Crippen molar-refractivity contribution in [1.82, 2.24) is 35.5 Å². The highest BCUT2D eigenvalue weighted by atomic mass is 16.1. The van der Waals surface area contributed by atoms with Crippen LogP contribution in [0.3, 0.4) is 0 Å². The quantitative estimate of drug-likeness (QED) is 0.333. The number of carbonyl (C=O) groups excluding carboxylic acids is 1. The number of rotatable bonds is 6. The molecular formula is C17H20N8O. The Balaban J connectivity index is 1.43. The van der Waals surface area contributed by atoms with Crippen molar-refractivity contribution in [3.63, 3.8) is 0 Å². The third-order valence-corrected chi connectivity index (χ3v) is 3.65. The molecule has 0 bridgehead atoms. The number of nitrogens with zero attached hydrogens (tertiary/aromatic N) is 5. The van der Waals surface area contributed by atoms with Gasteiger partial charge in [-0.2, -0.15) is 0 Å². The molecule has 9 nitrogen and oxygen atoms in total. The van der Waals surface area contributed by atoms with Gasteiger partial charge in [-0.3, -0.25) is 19.2 Å². The van der Waals surface area contributed by atoms with Crippen LogP contribution < -0.4 is 16.0 Å². The zero-order chi connectivity index (χ0) is 18.2. The minimum atomic E-state index is -0.155. The predicted octanol–water partition coefficient (Wildman–Crippen LogP) is 0.219. The zero-order valence-corrected chi connectivity index (χ0v) is 14.4. The summed E-state index contributed by atoms with van der Waals surface area (Å²) >= 11 is 0. The van der Waals surface area contributed by atoms with Crippen molar-refractivity contribution in [2.45, 2.75) is 6.54 Å². The second kappa shape index (κ2) is 8.56. The van der Waals surface area contributed by atoms with E-state index in [1.54, 1.807) is 25.4 Å². The number of carbonyl (C=O) groups is 1. The van der Waals surface area contributed by atoms with Crippen LogP contribution >= 0.6 is 0 Å². The lowest BCUT2D eigenvalue weighted by Gasteiger charge is -2.11. The van der Waals surface area contributed by atoms with Crippen LogP contribution in [-0.2, 0) is 6.54 Å². The summed E-state index contributed by atoms with van der Waals surface area (Å²) in [6.07, 6.45) is 5.08. The topological polar surface area (TPSA) is 109 Å². The van der Waals surface area contributed by atoms with Crippen molar-refractivity contribution in [3.8, 4) is 0 Å². The van der Waals surface area contributed by atoms with Crippen LogP contribution in [0.5, 0.6) is 0 Å². The van der Waals surface area contributed by atoms with Gasteiger partial charge >= 0.3 is 0 Å². The molecular weight excluding hydrogens is 332 g/mol. The van der Waals surface area contributed by atoms with Crippen molar-refractivity contribution >= 4 is 17.5 Å². The van der Waals surface area contributed by atoms with E-state index in [0.29, 0.717) is 31.2 Å². The van der Waals surface area contributed by atoms with Crippen molar-refractivity contribution in [1.29, 1.82) is 0 Å². The van der Waals surface area contributed by atoms with Crippen LogP contribution in [0.1, 0.15) is 16.2 Å². The fourth-order valence-corrected chi connectivity index (χ4v) is 2.35. The van der Waals surface area contributed by atoms with Crippen LogP contribution in [0.25, 0.3) is 5.65 Å². The molecule has 3 rings (SSSR count). The first kappa shape index (κ1) is 17.3. The van der Waals surface area contributed by atoms with Gasteiger partial charge in [0.15, 0.2) is 17.4 Å². The van der Waals surface area contributed by atoms with Gasteiger partial charge in [-0.25, -0.2) is 0 Å². The number of pyridine rings is 2. The summed E-state index contributed by atoms with van der Waals surface area (Å²) in [5.41, 5.74) is 1.33. The van der Waals surface area contributed by atoms with E-state index in [1.165, 1.54) is 6.20 Å². The Labute approximate surface area is 150 Å². The molecule has 3 aromatic rings. The molecule has 3 N–H and O–H groups in total. The average molecular weight is 352 g/mol. The van der Waals surface area contributed by atoms with Gasteiger partial charge < -0.3 is 16.0 Å². The number of nitrogens with one attached hydrogen (secondary N) is 3. The Morgan fingerprint density at radius 3 is 2.81 bits per heavy atom. The van der Waals surface area contributed by atoms with E-state index in [4.69, 9.17) is 0 Å². The highest BCUT2D eigenvalue weighted by molar-refractivity contribution is 5.93. The summed E-state index contributed by atoms with van der Waals surface area (Å²) in [6.45, 7) is 1.47. The summed E-state index contributed by atoms with van der Waals surface area (Å²) < 4.78 is 1.91. The zero-order valence-electron chi connectivity index (χ0n) is 14.4. The van der Waals surface area contributed by atoms with Gasteiger partial charge in [0.25, 0.3) is 5.91 Å². The van der Waals surface area contributed by atoms with E-state index in [1.807, 2.05) is 28.8 Å². The third kappa shape index (κ3) is 4.32. The molecule has 3 aromatic heterocycles. The number of hydrogen-bond acceptors (Lipinski definition) is 5.